The number of rotatable bonds is 1. The molecule has 1 saturated heterocycles. The first kappa shape index (κ1) is 10.7. The van der Waals surface area contributed by atoms with Gasteiger partial charge in [0.2, 0.25) is 0 Å². The van der Waals surface area contributed by atoms with Crippen molar-refractivity contribution in [2.24, 2.45) is 0 Å². The Balaban J connectivity index is 2.14. The Morgan fingerprint density at radius 2 is 1.93 bits per heavy atom. The van der Waals surface area contributed by atoms with Crippen LogP contribution in [-0.2, 0) is 9.84 Å². The van der Waals surface area contributed by atoms with Crippen molar-refractivity contribution in [3.05, 3.63) is 23.4 Å². The van der Waals surface area contributed by atoms with Crippen molar-refractivity contribution < 1.29 is 8.42 Å². The summed E-state index contributed by atoms with van der Waals surface area (Å²) in [5, 5.41) is 0.431. The van der Waals surface area contributed by atoms with E-state index in [1.165, 1.54) is 0 Å². The van der Waals surface area contributed by atoms with E-state index >= 15 is 0 Å². The Hall–Kier alpha value is -0.810. The lowest BCUT2D eigenvalue weighted by Gasteiger charge is -2.27. The standard InChI is InChI=1S/C9H11ClN2O2S/c10-8-2-1-3-9(11-8)12-4-6-15(13,14)7-5-12/h1-3H,4-7H2. The van der Waals surface area contributed by atoms with Crippen LogP contribution < -0.4 is 4.90 Å². The second-order valence-corrected chi connectivity index (χ2v) is 6.15. The van der Waals surface area contributed by atoms with Gasteiger partial charge in [-0.15, -0.1) is 0 Å². The Bertz CT molecular complexity index is 447. The van der Waals surface area contributed by atoms with Gasteiger partial charge < -0.3 is 4.90 Å². The molecule has 82 valence electrons. The van der Waals surface area contributed by atoms with Crippen LogP contribution in [0.4, 0.5) is 5.82 Å². The fraction of sp³-hybridized carbons (Fsp3) is 0.444. The monoisotopic (exact) mass is 246 g/mol. The molecular formula is C9H11ClN2O2S. The van der Waals surface area contributed by atoms with Crippen LogP contribution in [-0.4, -0.2) is 38.0 Å². The van der Waals surface area contributed by atoms with Crippen molar-refractivity contribution in [2.75, 3.05) is 29.5 Å². The van der Waals surface area contributed by atoms with E-state index in [4.69, 9.17) is 11.6 Å². The zero-order valence-electron chi connectivity index (χ0n) is 8.06. The molecule has 0 atom stereocenters. The van der Waals surface area contributed by atoms with Crippen molar-refractivity contribution in [3.8, 4) is 0 Å². The molecule has 1 aromatic rings. The molecule has 1 aromatic heterocycles. The van der Waals surface area contributed by atoms with Crippen LogP contribution >= 0.6 is 11.6 Å². The van der Waals surface area contributed by atoms with Crippen LogP contribution in [0.5, 0.6) is 0 Å². The molecule has 0 bridgehead atoms. The molecule has 15 heavy (non-hydrogen) atoms. The van der Waals surface area contributed by atoms with Crippen LogP contribution in [0, 0.1) is 0 Å². The van der Waals surface area contributed by atoms with E-state index in [0.717, 1.165) is 5.82 Å². The van der Waals surface area contributed by atoms with Gasteiger partial charge in [-0.25, -0.2) is 13.4 Å². The summed E-state index contributed by atoms with van der Waals surface area (Å²) >= 11 is 5.76. The van der Waals surface area contributed by atoms with Crippen LogP contribution in [0.25, 0.3) is 0 Å². The highest BCUT2D eigenvalue weighted by molar-refractivity contribution is 7.91. The zero-order valence-corrected chi connectivity index (χ0v) is 9.63. The molecule has 1 aliphatic heterocycles. The summed E-state index contributed by atoms with van der Waals surface area (Å²) < 4.78 is 22.4. The summed E-state index contributed by atoms with van der Waals surface area (Å²) in [6.07, 6.45) is 0. The highest BCUT2D eigenvalue weighted by Crippen LogP contribution is 2.16. The van der Waals surface area contributed by atoms with Crippen LogP contribution in [0.2, 0.25) is 5.15 Å². The third-order valence-corrected chi connectivity index (χ3v) is 4.19. The maximum absolute atomic E-state index is 11.2. The van der Waals surface area contributed by atoms with Crippen molar-refractivity contribution in [3.63, 3.8) is 0 Å². The summed E-state index contributed by atoms with van der Waals surface area (Å²) in [7, 11) is -2.84. The Morgan fingerprint density at radius 1 is 1.27 bits per heavy atom. The number of pyridine rings is 1. The SMILES string of the molecule is O=S1(=O)CCN(c2cccc(Cl)n2)CC1. The number of halogens is 1. The third kappa shape index (κ3) is 2.60. The van der Waals surface area contributed by atoms with Gasteiger partial charge in [0.05, 0.1) is 11.5 Å². The summed E-state index contributed by atoms with van der Waals surface area (Å²) in [5.74, 6) is 1.14. The minimum Gasteiger partial charge on any atom is -0.355 e. The van der Waals surface area contributed by atoms with Crippen molar-refractivity contribution in [1.29, 1.82) is 0 Å². The van der Waals surface area contributed by atoms with Gasteiger partial charge in [-0.3, -0.25) is 0 Å². The van der Waals surface area contributed by atoms with E-state index in [-0.39, 0.29) is 11.5 Å². The maximum Gasteiger partial charge on any atom is 0.153 e. The highest BCUT2D eigenvalue weighted by atomic mass is 35.5. The van der Waals surface area contributed by atoms with E-state index in [1.807, 2.05) is 17.0 Å². The van der Waals surface area contributed by atoms with Crippen molar-refractivity contribution in [1.82, 2.24) is 4.98 Å². The second-order valence-electron chi connectivity index (χ2n) is 3.46. The Morgan fingerprint density at radius 3 is 2.53 bits per heavy atom. The summed E-state index contributed by atoms with van der Waals surface area (Å²) in [6.45, 7) is 0.991. The van der Waals surface area contributed by atoms with Gasteiger partial charge in [-0.1, -0.05) is 17.7 Å². The second kappa shape index (κ2) is 3.98. The van der Waals surface area contributed by atoms with Crippen molar-refractivity contribution in [2.45, 2.75) is 0 Å². The summed E-state index contributed by atoms with van der Waals surface area (Å²) in [4.78, 5) is 6.08. The van der Waals surface area contributed by atoms with Gasteiger partial charge in [-0.05, 0) is 12.1 Å². The minimum atomic E-state index is -2.84. The predicted molar refractivity (Wildman–Crippen MR) is 60.1 cm³/mol. The Kier molecular flexibility index (Phi) is 2.84. The van der Waals surface area contributed by atoms with E-state index in [2.05, 4.69) is 4.98 Å². The normalized spacial score (nSPS) is 20.2. The van der Waals surface area contributed by atoms with Gasteiger partial charge in [0.25, 0.3) is 0 Å². The van der Waals surface area contributed by atoms with Gasteiger partial charge >= 0.3 is 0 Å². The summed E-state index contributed by atoms with van der Waals surface area (Å²) in [6, 6.07) is 5.35. The lowest BCUT2D eigenvalue weighted by molar-refractivity contribution is 0.586. The molecule has 0 aliphatic carbocycles. The molecule has 1 aliphatic rings. The maximum atomic E-state index is 11.2. The van der Waals surface area contributed by atoms with Crippen LogP contribution in [0.1, 0.15) is 0 Å². The molecule has 0 aromatic carbocycles. The van der Waals surface area contributed by atoms with Gasteiger partial charge in [0, 0.05) is 13.1 Å². The molecule has 0 N–H and O–H groups in total. The number of hydrogen-bond donors (Lipinski definition) is 0. The van der Waals surface area contributed by atoms with Gasteiger partial charge in [-0.2, -0.15) is 0 Å². The quantitative estimate of drug-likeness (QED) is 0.693. The fourth-order valence-corrected chi connectivity index (χ4v) is 2.88. The average Bonchev–Trinajstić information content (AvgIpc) is 2.17. The molecule has 6 heteroatoms. The number of nitrogens with zero attached hydrogens (tertiary/aromatic N) is 2. The third-order valence-electron chi connectivity index (χ3n) is 2.37. The molecule has 0 spiro atoms. The van der Waals surface area contributed by atoms with Gasteiger partial charge in [0.15, 0.2) is 9.84 Å². The predicted octanol–water partition coefficient (Wildman–Crippen LogP) is 0.970. The smallest absolute Gasteiger partial charge is 0.153 e. The lowest BCUT2D eigenvalue weighted by atomic mass is 10.4. The molecule has 0 unspecified atom stereocenters. The molecule has 4 nitrogen and oxygen atoms in total. The molecule has 0 radical (unpaired) electrons. The molecule has 1 fully saturated rings. The molecular weight excluding hydrogens is 236 g/mol. The minimum absolute atomic E-state index is 0.196. The van der Waals surface area contributed by atoms with E-state index in [0.29, 0.717) is 18.2 Å². The Labute approximate surface area is 93.8 Å². The molecule has 0 saturated carbocycles. The van der Waals surface area contributed by atoms with Crippen molar-refractivity contribution >= 4 is 27.3 Å². The first-order chi connectivity index (χ1) is 7.07. The number of sulfone groups is 1. The van der Waals surface area contributed by atoms with E-state index in [9.17, 15) is 8.42 Å². The van der Waals surface area contributed by atoms with Crippen LogP contribution in [0.15, 0.2) is 18.2 Å². The number of aromatic nitrogens is 1. The molecule has 2 heterocycles. The number of hydrogen-bond acceptors (Lipinski definition) is 4. The van der Waals surface area contributed by atoms with Gasteiger partial charge in [0.1, 0.15) is 11.0 Å². The summed E-state index contributed by atoms with van der Waals surface area (Å²) in [5.41, 5.74) is 0. The number of anilines is 1. The molecule has 0 amide bonds. The lowest BCUT2D eigenvalue weighted by Crippen LogP contribution is -2.40. The van der Waals surface area contributed by atoms with Crippen LogP contribution in [0.3, 0.4) is 0 Å². The largest absolute Gasteiger partial charge is 0.355 e. The van der Waals surface area contributed by atoms with E-state index < -0.39 is 9.84 Å². The first-order valence-corrected chi connectivity index (χ1v) is 6.85. The van der Waals surface area contributed by atoms with E-state index in [1.54, 1.807) is 6.07 Å². The first-order valence-electron chi connectivity index (χ1n) is 4.65. The zero-order chi connectivity index (χ0) is 10.9. The highest BCUT2D eigenvalue weighted by Gasteiger charge is 2.22. The topological polar surface area (TPSA) is 50.3 Å². The fourth-order valence-electron chi connectivity index (χ4n) is 1.52. The molecule has 2 rings (SSSR count). The average molecular weight is 247 g/mol.